The summed E-state index contributed by atoms with van der Waals surface area (Å²) >= 11 is 0. The van der Waals surface area contributed by atoms with Crippen molar-refractivity contribution in [2.45, 2.75) is 31.7 Å². The third-order valence-corrected chi connectivity index (χ3v) is 5.71. The molecule has 0 saturated carbocycles. The topological polar surface area (TPSA) is 63.1 Å². The lowest BCUT2D eigenvalue weighted by molar-refractivity contribution is -0.137. The average Bonchev–Trinajstić information content (AvgIpc) is 3.38. The Kier molecular flexibility index (Phi) is 6.27. The van der Waals surface area contributed by atoms with Gasteiger partial charge in [-0.2, -0.15) is 18.3 Å². The van der Waals surface area contributed by atoms with Gasteiger partial charge in [0.2, 0.25) is 5.91 Å². The number of hydrogen-bond acceptors (Lipinski definition) is 4. The van der Waals surface area contributed by atoms with E-state index < -0.39 is 11.7 Å². The maximum Gasteiger partial charge on any atom is 0.416 e. The molecule has 1 amide bonds. The van der Waals surface area contributed by atoms with E-state index in [1.807, 2.05) is 19.3 Å². The van der Waals surface area contributed by atoms with Crippen LogP contribution in [-0.2, 0) is 31.1 Å². The SMILES string of the molecule is Cn1cc(CN2C[C@H](C(=O)NCc3cccnc3)C[C@H]2c2cccc(C(F)(F)F)c2)cn1. The number of benzene rings is 1. The molecule has 1 aliphatic heterocycles. The number of carbonyl (C=O) groups excluding carboxylic acids is 1. The van der Waals surface area contributed by atoms with E-state index in [0.29, 0.717) is 31.6 Å². The molecule has 9 heteroatoms. The summed E-state index contributed by atoms with van der Waals surface area (Å²) < 4.78 is 41.5. The first-order chi connectivity index (χ1) is 15.3. The molecule has 0 spiro atoms. The quantitative estimate of drug-likeness (QED) is 0.631. The molecule has 2 aromatic heterocycles. The van der Waals surface area contributed by atoms with E-state index in [1.54, 1.807) is 35.4 Å². The molecule has 2 atom stereocenters. The molecule has 1 aliphatic rings. The Morgan fingerprint density at radius 3 is 2.72 bits per heavy atom. The van der Waals surface area contributed by atoms with E-state index in [2.05, 4.69) is 20.3 Å². The Morgan fingerprint density at radius 2 is 2.03 bits per heavy atom. The minimum atomic E-state index is -4.41. The number of carbonyl (C=O) groups is 1. The fourth-order valence-electron chi connectivity index (χ4n) is 4.16. The third-order valence-electron chi connectivity index (χ3n) is 5.71. The molecule has 0 bridgehead atoms. The van der Waals surface area contributed by atoms with Crippen LogP contribution >= 0.6 is 0 Å². The second-order valence-electron chi connectivity index (χ2n) is 8.10. The number of rotatable bonds is 6. The average molecular weight is 443 g/mol. The molecule has 0 aliphatic carbocycles. The molecule has 1 fully saturated rings. The Labute approximate surface area is 184 Å². The van der Waals surface area contributed by atoms with E-state index in [1.165, 1.54) is 12.1 Å². The Hall–Kier alpha value is -3.20. The fraction of sp³-hybridized carbons (Fsp3) is 0.348. The maximum atomic E-state index is 13.3. The first kappa shape index (κ1) is 22.0. The summed E-state index contributed by atoms with van der Waals surface area (Å²) in [6, 6.07) is 8.77. The van der Waals surface area contributed by atoms with Gasteiger partial charge in [-0.05, 0) is 35.7 Å². The van der Waals surface area contributed by atoms with Crippen molar-refractivity contribution in [1.82, 2.24) is 25.0 Å². The minimum absolute atomic E-state index is 0.112. The summed E-state index contributed by atoms with van der Waals surface area (Å²) in [4.78, 5) is 19.0. The highest BCUT2D eigenvalue weighted by atomic mass is 19.4. The lowest BCUT2D eigenvalue weighted by Gasteiger charge is -2.24. The van der Waals surface area contributed by atoms with Gasteiger partial charge in [-0.15, -0.1) is 0 Å². The third kappa shape index (κ3) is 5.16. The Morgan fingerprint density at radius 1 is 1.19 bits per heavy atom. The van der Waals surface area contributed by atoms with E-state index in [-0.39, 0.29) is 17.9 Å². The predicted molar refractivity (Wildman–Crippen MR) is 112 cm³/mol. The van der Waals surface area contributed by atoms with Gasteiger partial charge in [0.25, 0.3) is 0 Å². The standard InChI is InChI=1S/C23H24F3N5O/c1-30-13-17(12-29-30)14-31-15-19(22(32)28-11-16-4-3-7-27-10-16)9-21(31)18-5-2-6-20(8-18)23(24,25)26/h2-8,10,12-13,19,21H,9,11,14-15H2,1H3,(H,28,32)/t19-,21+/m1/s1. The highest BCUT2D eigenvalue weighted by molar-refractivity contribution is 5.79. The predicted octanol–water partition coefficient (Wildman–Crippen LogP) is 3.71. The van der Waals surface area contributed by atoms with E-state index in [9.17, 15) is 18.0 Å². The largest absolute Gasteiger partial charge is 0.416 e. The fourth-order valence-corrected chi connectivity index (χ4v) is 4.16. The van der Waals surface area contributed by atoms with Gasteiger partial charge in [0, 0.05) is 56.9 Å². The van der Waals surface area contributed by atoms with Crippen LogP contribution in [0.2, 0.25) is 0 Å². The first-order valence-electron chi connectivity index (χ1n) is 10.3. The molecule has 4 rings (SSSR count). The molecule has 3 heterocycles. The first-order valence-corrected chi connectivity index (χ1v) is 10.3. The van der Waals surface area contributed by atoms with Crippen molar-refractivity contribution in [2.75, 3.05) is 6.54 Å². The number of nitrogens with zero attached hydrogens (tertiary/aromatic N) is 4. The van der Waals surface area contributed by atoms with Crippen molar-refractivity contribution >= 4 is 5.91 Å². The van der Waals surface area contributed by atoms with Gasteiger partial charge >= 0.3 is 6.18 Å². The van der Waals surface area contributed by atoms with Gasteiger partial charge in [-0.3, -0.25) is 19.4 Å². The highest BCUT2D eigenvalue weighted by Gasteiger charge is 2.38. The highest BCUT2D eigenvalue weighted by Crippen LogP contribution is 2.39. The number of amides is 1. The zero-order valence-electron chi connectivity index (χ0n) is 17.6. The van der Waals surface area contributed by atoms with Crippen LogP contribution < -0.4 is 5.32 Å². The van der Waals surface area contributed by atoms with Crippen molar-refractivity contribution in [3.63, 3.8) is 0 Å². The summed E-state index contributed by atoms with van der Waals surface area (Å²) in [5.74, 6) is -0.442. The second-order valence-corrected chi connectivity index (χ2v) is 8.10. The summed E-state index contributed by atoms with van der Waals surface area (Å²) in [6.07, 6.45) is 3.00. The molecule has 168 valence electrons. The van der Waals surface area contributed by atoms with Crippen molar-refractivity contribution in [3.8, 4) is 0 Å². The molecule has 1 N–H and O–H groups in total. The molecular weight excluding hydrogens is 419 g/mol. The molecule has 0 radical (unpaired) electrons. The number of likely N-dealkylation sites (tertiary alicyclic amines) is 1. The van der Waals surface area contributed by atoms with Gasteiger partial charge < -0.3 is 5.32 Å². The lowest BCUT2D eigenvalue weighted by Crippen LogP contribution is -2.32. The van der Waals surface area contributed by atoms with Gasteiger partial charge in [0.1, 0.15) is 0 Å². The molecule has 3 aromatic rings. The van der Waals surface area contributed by atoms with Crippen LogP contribution in [0.1, 0.15) is 34.7 Å². The van der Waals surface area contributed by atoms with Gasteiger partial charge in [0.05, 0.1) is 17.7 Å². The van der Waals surface area contributed by atoms with Gasteiger partial charge in [0.15, 0.2) is 0 Å². The number of pyridine rings is 1. The molecule has 1 saturated heterocycles. The smallest absolute Gasteiger partial charge is 0.352 e. The van der Waals surface area contributed by atoms with E-state index >= 15 is 0 Å². The normalized spacial score (nSPS) is 19.2. The van der Waals surface area contributed by atoms with Crippen LogP contribution in [0.5, 0.6) is 0 Å². The van der Waals surface area contributed by atoms with Gasteiger partial charge in [-0.25, -0.2) is 0 Å². The van der Waals surface area contributed by atoms with Crippen LogP contribution in [0.4, 0.5) is 13.2 Å². The number of alkyl halides is 3. The molecule has 32 heavy (non-hydrogen) atoms. The van der Waals surface area contributed by atoms with E-state index in [4.69, 9.17) is 0 Å². The number of aryl methyl sites for hydroxylation is 1. The summed E-state index contributed by atoms with van der Waals surface area (Å²) in [5.41, 5.74) is 1.72. The molecular formula is C23H24F3N5O. The van der Waals surface area contributed by atoms with Crippen LogP contribution in [0, 0.1) is 5.92 Å². The van der Waals surface area contributed by atoms with Crippen LogP contribution in [0.15, 0.2) is 61.2 Å². The van der Waals surface area contributed by atoms with Gasteiger partial charge in [-0.1, -0.05) is 18.2 Å². The van der Waals surface area contributed by atoms with Crippen molar-refractivity contribution in [3.05, 3.63) is 83.4 Å². The van der Waals surface area contributed by atoms with Crippen LogP contribution in [0.25, 0.3) is 0 Å². The maximum absolute atomic E-state index is 13.3. The van der Waals surface area contributed by atoms with Crippen molar-refractivity contribution < 1.29 is 18.0 Å². The number of halogens is 3. The lowest BCUT2D eigenvalue weighted by atomic mass is 9.97. The molecule has 6 nitrogen and oxygen atoms in total. The number of hydrogen-bond donors (Lipinski definition) is 1. The van der Waals surface area contributed by atoms with E-state index in [0.717, 1.165) is 17.2 Å². The summed E-state index contributed by atoms with van der Waals surface area (Å²) in [6.45, 7) is 1.32. The van der Waals surface area contributed by atoms with Crippen molar-refractivity contribution in [1.29, 1.82) is 0 Å². The Balaban J connectivity index is 1.53. The zero-order valence-corrected chi connectivity index (χ0v) is 17.6. The number of nitrogens with one attached hydrogen (secondary N) is 1. The summed E-state index contributed by atoms with van der Waals surface area (Å²) in [5, 5.41) is 7.11. The monoisotopic (exact) mass is 443 g/mol. The van der Waals surface area contributed by atoms with Crippen LogP contribution in [-0.4, -0.2) is 32.1 Å². The van der Waals surface area contributed by atoms with Crippen molar-refractivity contribution in [2.24, 2.45) is 13.0 Å². The second kappa shape index (κ2) is 9.12. The summed E-state index contributed by atoms with van der Waals surface area (Å²) in [7, 11) is 1.81. The molecule has 1 aromatic carbocycles. The number of aromatic nitrogens is 3. The van der Waals surface area contributed by atoms with Crippen LogP contribution in [0.3, 0.4) is 0 Å². The zero-order chi connectivity index (χ0) is 22.7. The molecule has 0 unspecified atom stereocenters. The Bertz CT molecular complexity index is 1070. The minimum Gasteiger partial charge on any atom is -0.352 e.